The molecule has 0 amide bonds. The summed E-state index contributed by atoms with van der Waals surface area (Å²) in [5.41, 5.74) is 0.462. The molecule has 2 aromatic rings. The maximum absolute atomic E-state index is 11.5. The van der Waals surface area contributed by atoms with Gasteiger partial charge in [0.15, 0.2) is 0 Å². The third kappa shape index (κ3) is 2.96. The lowest BCUT2D eigenvalue weighted by Crippen LogP contribution is -2.27. The Morgan fingerprint density at radius 1 is 1.35 bits per heavy atom. The summed E-state index contributed by atoms with van der Waals surface area (Å²) < 4.78 is 4.08. The molecule has 0 saturated heterocycles. The van der Waals surface area contributed by atoms with Gasteiger partial charge in [0.25, 0.3) is 0 Å². The molecule has 0 aliphatic rings. The van der Waals surface area contributed by atoms with Crippen molar-refractivity contribution in [3.8, 4) is 5.75 Å². The molecule has 0 atom stereocenters. The van der Waals surface area contributed by atoms with Gasteiger partial charge in [0.2, 0.25) is 0 Å². The molecule has 0 aliphatic carbocycles. The number of hydrogen-bond donors (Lipinski definition) is 2. The molecule has 2 N–H and O–H groups in total. The molecule has 5 nitrogen and oxygen atoms in total. The minimum atomic E-state index is -0.945. The fourth-order valence-electron chi connectivity index (χ4n) is 1.66. The summed E-state index contributed by atoms with van der Waals surface area (Å²) in [7, 11) is 0. The Bertz CT molecular complexity index is 717. The van der Waals surface area contributed by atoms with Crippen molar-refractivity contribution >= 4 is 28.7 Å². The van der Waals surface area contributed by atoms with Crippen molar-refractivity contribution in [1.29, 1.82) is 0 Å². The van der Waals surface area contributed by atoms with Crippen molar-refractivity contribution in [3.05, 3.63) is 40.2 Å². The number of fused-ring (bicyclic) bond motifs is 1. The lowest BCUT2D eigenvalue weighted by atomic mass is 10.1. The van der Waals surface area contributed by atoms with E-state index < -0.39 is 16.3 Å². The average molecular weight is 294 g/mol. The zero-order valence-corrected chi connectivity index (χ0v) is 11.9. The summed E-state index contributed by atoms with van der Waals surface area (Å²) in [6.07, 6.45) is 0. The van der Waals surface area contributed by atoms with Crippen LogP contribution in [-0.2, 0) is 10.5 Å². The van der Waals surface area contributed by atoms with E-state index in [4.69, 9.17) is 9.52 Å². The van der Waals surface area contributed by atoms with Crippen LogP contribution >= 0.6 is 11.8 Å². The van der Waals surface area contributed by atoms with Crippen LogP contribution in [0.5, 0.6) is 5.75 Å². The highest BCUT2D eigenvalue weighted by molar-refractivity contribution is 8.00. The summed E-state index contributed by atoms with van der Waals surface area (Å²) in [4.78, 5) is 22.6. The van der Waals surface area contributed by atoms with Gasteiger partial charge in [-0.3, -0.25) is 4.79 Å². The SMILES string of the molecule is CC(C)(SCc1cc(=O)oc2cc(O)ccc12)C(=O)O. The number of thioether (sulfide) groups is 1. The minimum absolute atomic E-state index is 0.0105. The number of carbonyl (C=O) groups is 1. The Balaban J connectivity index is 2.40. The maximum Gasteiger partial charge on any atom is 0.336 e. The molecule has 1 aromatic heterocycles. The van der Waals surface area contributed by atoms with Crippen LogP contribution in [-0.4, -0.2) is 20.9 Å². The van der Waals surface area contributed by atoms with E-state index in [2.05, 4.69) is 0 Å². The Morgan fingerprint density at radius 2 is 2.05 bits per heavy atom. The average Bonchev–Trinajstić information content (AvgIpc) is 2.35. The van der Waals surface area contributed by atoms with Crippen LogP contribution in [0.4, 0.5) is 0 Å². The Labute approximate surface area is 119 Å². The molecule has 6 heteroatoms. The number of hydrogen-bond acceptors (Lipinski definition) is 5. The largest absolute Gasteiger partial charge is 0.508 e. The quantitative estimate of drug-likeness (QED) is 0.843. The number of aromatic hydroxyl groups is 1. The molecule has 0 bridgehead atoms. The second kappa shape index (κ2) is 5.20. The first-order valence-electron chi connectivity index (χ1n) is 5.93. The Kier molecular flexibility index (Phi) is 3.76. The van der Waals surface area contributed by atoms with Gasteiger partial charge in [0, 0.05) is 23.3 Å². The lowest BCUT2D eigenvalue weighted by molar-refractivity contribution is -0.138. The van der Waals surface area contributed by atoms with Crippen LogP contribution < -0.4 is 5.63 Å². The van der Waals surface area contributed by atoms with E-state index in [0.717, 1.165) is 0 Å². The highest BCUT2D eigenvalue weighted by atomic mass is 32.2. The molecular weight excluding hydrogens is 280 g/mol. The molecule has 2 rings (SSSR count). The highest BCUT2D eigenvalue weighted by Crippen LogP contribution is 2.31. The van der Waals surface area contributed by atoms with Crippen molar-refractivity contribution in [2.75, 3.05) is 0 Å². The molecule has 0 aliphatic heterocycles. The zero-order valence-electron chi connectivity index (χ0n) is 11.0. The molecule has 0 fully saturated rings. The smallest absolute Gasteiger partial charge is 0.336 e. The lowest BCUT2D eigenvalue weighted by Gasteiger charge is -2.18. The fourth-order valence-corrected chi connectivity index (χ4v) is 2.54. The summed E-state index contributed by atoms with van der Waals surface area (Å²) >= 11 is 1.23. The van der Waals surface area contributed by atoms with E-state index in [1.165, 1.54) is 30.0 Å². The molecule has 0 unspecified atom stereocenters. The molecule has 0 radical (unpaired) electrons. The molecule has 0 spiro atoms. The van der Waals surface area contributed by atoms with Crippen LogP contribution in [0, 0.1) is 0 Å². The van der Waals surface area contributed by atoms with E-state index in [-0.39, 0.29) is 5.75 Å². The topological polar surface area (TPSA) is 87.7 Å². The van der Waals surface area contributed by atoms with Crippen molar-refractivity contribution in [2.24, 2.45) is 0 Å². The van der Waals surface area contributed by atoms with E-state index in [1.54, 1.807) is 19.9 Å². The van der Waals surface area contributed by atoms with Gasteiger partial charge in [0.1, 0.15) is 16.1 Å². The third-order valence-corrected chi connectivity index (χ3v) is 4.27. The van der Waals surface area contributed by atoms with Crippen LogP contribution in [0.15, 0.2) is 33.5 Å². The van der Waals surface area contributed by atoms with E-state index in [1.807, 2.05) is 0 Å². The minimum Gasteiger partial charge on any atom is -0.508 e. The third-order valence-electron chi connectivity index (χ3n) is 2.92. The second-order valence-electron chi connectivity index (χ2n) is 4.88. The molecule has 1 aromatic carbocycles. The van der Waals surface area contributed by atoms with Crippen molar-refractivity contribution in [3.63, 3.8) is 0 Å². The van der Waals surface area contributed by atoms with E-state index in [0.29, 0.717) is 22.3 Å². The van der Waals surface area contributed by atoms with Gasteiger partial charge in [-0.1, -0.05) is 0 Å². The van der Waals surface area contributed by atoms with Crippen molar-refractivity contribution < 1.29 is 19.4 Å². The standard InChI is InChI=1S/C14H14O5S/c1-14(2,13(17)18)20-7-8-5-12(16)19-11-6-9(15)3-4-10(8)11/h3-6,15H,7H2,1-2H3,(H,17,18). The maximum atomic E-state index is 11.5. The highest BCUT2D eigenvalue weighted by Gasteiger charge is 2.27. The van der Waals surface area contributed by atoms with E-state index >= 15 is 0 Å². The van der Waals surface area contributed by atoms with Crippen LogP contribution in [0.25, 0.3) is 11.0 Å². The summed E-state index contributed by atoms with van der Waals surface area (Å²) in [6, 6.07) is 5.87. The monoisotopic (exact) mass is 294 g/mol. The number of benzene rings is 1. The second-order valence-corrected chi connectivity index (χ2v) is 6.47. The van der Waals surface area contributed by atoms with Gasteiger partial charge in [-0.15, -0.1) is 11.8 Å². The predicted molar refractivity (Wildman–Crippen MR) is 77.2 cm³/mol. The van der Waals surface area contributed by atoms with Gasteiger partial charge >= 0.3 is 11.6 Å². The normalized spacial score (nSPS) is 11.7. The number of phenols is 1. The molecule has 20 heavy (non-hydrogen) atoms. The van der Waals surface area contributed by atoms with Gasteiger partial charge in [-0.25, -0.2) is 4.79 Å². The summed E-state index contributed by atoms with van der Waals surface area (Å²) in [5.74, 6) is -0.532. The van der Waals surface area contributed by atoms with Gasteiger partial charge in [0.05, 0.1) is 0 Å². The van der Waals surface area contributed by atoms with Crippen LogP contribution in [0.1, 0.15) is 19.4 Å². The zero-order chi connectivity index (χ0) is 14.9. The van der Waals surface area contributed by atoms with Gasteiger partial charge in [-0.2, -0.15) is 0 Å². The first-order valence-corrected chi connectivity index (χ1v) is 6.91. The number of carboxylic acid groups (broad SMARTS) is 1. The molecule has 0 saturated carbocycles. The number of carboxylic acids is 1. The van der Waals surface area contributed by atoms with E-state index in [9.17, 15) is 14.7 Å². The molecule has 1 heterocycles. The first-order chi connectivity index (χ1) is 9.29. The van der Waals surface area contributed by atoms with Crippen LogP contribution in [0.2, 0.25) is 0 Å². The summed E-state index contributed by atoms with van der Waals surface area (Å²) in [6.45, 7) is 3.22. The Morgan fingerprint density at radius 3 is 2.70 bits per heavy atom. The molecular formula is C14H14O5S. The predicted octanol–water partition coefficient (Wildman–Crippen LogP) is 2.59. The fraction of sp³-hybridized carbons (Fsp3) is 0.286. The number of rotatable bonds is 4. The van der Waals surface area contributed by atoms with Crippen molar-refractivity contribution in [1.82, 2.24) is 0 Å². The first kappa shape index (κ1) is 14.5. The Hall–Kier alpha value is -1.95. The van der Waals surface area contributed by atoms with Crippen molar-refractivity contribution in [2.45, 2.75) is 24.3 Å². The van der Waals surface area contributed by atoms with Gasteiger partial charge in [-0.05, 0) is 31.5 Å². The summed E-state index contributed by atoms with van der Waals surface area (Å²) in [5, 5.41) is 19.2. The molecule has 106 valence electrons. The van der Waals surface area contributed by atoms with Crippen LogP contribution in [0.3, 0.4) is 0 Å². The van der Waals surface area contributed by atoms with Gasteiger partial charge < -0.3 is 14.6 Å². The number of aliphatic carboxylic acids is 1. The number of phenolic OH excluding ortho intramolecular Hbond substituents is 1.